The number of rotatable bonds is 5. The molecule has 3 atom stereocenters. The molecule has 0 unspecified atom stereocenters. The highest BCUT2D eigenvalue weighted by Crippen LogP contribution is 2.36. The SMILES string of the molecule is COc1ccc(OC)c([C@H]2NC(=S)NC(C)=C2C(=O)O[C@@H]2CCC[C@H](C)C2)c1. The van der Waals surface area contributed by atoms with E-state index in [0.717, 1.165) is 24.8 Å². The minimum absolute atomic E-state index is 0.0433. The van der Waals surface area contributed by atoms with E-state index in [2.05, 4.69) is 17.6 Å². The highest BCUT2D eigenvalue weighted by atomic mass is 32.1. The van der Waals surface area contributed by atoms with Crippen molar-refractivity contribution in [1.82, 2.24) is 10.6 Å². The second kappa shape index (κ2) is 8.82. The molecular formula is C21H28N2O4S. The minimum Gasteiger partial charge on any atom is -0.497 e. The van der Waals surface area contributed by atoms with Crippen LogP contribution in [0, 0.1) is 5.92 Å². The molecule has 6 nitrogen and oxygen atoms in total. The second-order valence-corrected chi connectivity index (χ2v) is 7.89. The summed E-state index contributed by atoms with van der Waals surface area (Å²) in [6.07, 6.45) is 4.05. The van der Waals surface area contributed by atoms with Gasteiger partial charge in [0.1, 0.15) is 17.6 Å². The first-order chi connectivity index (χ1) is 13.4. The lowest BCUT2D eigenvalue weighted by atomic mass is 9.88. The molecule has 1 aromatic rings. The van der Waals surface area contributed by atoms with Crippen LogP contribution in [0.25, 0.3) is 0 Å². The van der Waals surface area contributed by atoms with Crippen LogP contribution < -0.4 is 20.1 Å². The Labute approximate surface area is 171 Å². The normalized spacial score (nSPS) is 24.9. The number of carbonyl (C=O) groups is 1. The molecule has 2 aliphatic rings. The van der Waals surface area contributed by atoms with Gasteiger partial charge in [-0.1, -0.05) is 13.3 Å². The Balaban J connectivity index is 1.94. The quantitative estimate of drug-likeness (QED) is 0.574. The van der Waals surface area contributed by atoms with Gasteiger partial charge in [-0.15, -0.1) is 0 Å². The van der Waals surface area contributed by atoms with E-state index in [9.17, 15) is 4.79 Å². The van der Waals surface area contributed by atoms with E-state index in [1.54, 1.807) is 14.2 Å². The molecule has 0 aromatic heterocycles. The fourth-order valence-electron chi connectivity index (χ4n) is 3.96. The van der Waals surface area contributed by atoms with E-state index in [4.69, 9.17) is 26.4 Å². The molecule has 152 valence electrons. The molecule has 0 amide bonds. The highest BCUT2D eigenvalue weighted by Gasteiger charge is 2.34. The van der Waals surface area contributed by atoms with Crippen molar-refractivity contribution in [2.45, 2.75) is 51.7 Å². The van der Waals surface area contributed by atoms with Crippen molar-refractivity contribution < 1.29 is 19.0 Å². The number of esters is 1. The summed E-state index contributed by atoms with van der Waals surface area (Å²) in [5.41, 5.74) is 1.97. The Morgan fingerprint density at radius 1 is 1.21 bits per heavy atom. The number of nitrogens with one attached hydrogen (secondary N) is 2. The zero-order valence-corrected chi connectivity index (χ0v) is 17.7. The molecule has 2 N–H and O–H groups in total. The van der Waals surface area contributed by atoms with Crippen LogP contribution in [0.1, 0.15) is 51.1 Å². The molecule has 1 aliphatic heterocycles. The van der Waals surface area contributed by atoms with E-state index in [0.29, 0.717) is 33.8 Å². The van der Waals surface area contributed by atoms with Crippen molar-refractivity contribution in [2.75, 3.05) is 14.2 Å². The molecule has 3 rings (SSSR count). The van der Waals surface area contributed by atoms with Gasteiger partial charge in [0.05, 0.1) is 25.8 Å². The van der Waals surface area contributed by atoms with Gasteiger partial charge < -0.3 is 24.8 Å². The average molecular weight is 405 g/mol. The number of carbonyl (C=O) groups excluding carboxylic acids is 1. The van der Waals surface area contributed by atoms with Crippen molar-refractivity contribution in [3.63, 3.8) is 0 Å². The van der Waals surface area contributed by atoms with Crippen molar-refractivity contribution in [2.24, 2.45) is 5.92 Å². The molecule has 1 fully saturated rings. The summed E-state index contributed by atoms with van der Waals surface area (Å²) in [5.74, 6) is 1.57. The lowest BCUT2D eigenvalue weighted by Gasteiger charge is -2.32. The Morgan fingerprint density at radius 3 is 2.68 bits per heavy atom. The van der Waals surface area contributed by atoms with Gasteiger partial charge in [-0.25, -0.2) is 4.79 Å². The summed E-state index contributed by atoms with van der Waals surface area (Å²) in [7, 11) is 3.20. The molecule has 1 aromatic carbocycles. The van der Waals surface area contributed by atoms with Gasteiger partial charge in [0.2, 0.25) is 0 Å². The Morgan fingerprint density at radius 2 is 2.00 bits per heavy atom. The van der Waals surface area contributed by atoms with Crippen molar-refractivity contribution >= 4 is 23.3 Å². The zero-order valence-electron chi connectivity index (χ0n) is 16.8. The molecule has 7 heteroatoms. The van der Waals surface area contributed by atoms with E-state index < -0.39 is 6.04 Å². The van der Waals surface area contributed by atoms with Crippen LogP contribution in [0.4, 0.5) is 0 Å². The number of methoxy groups -OCH3 is 2. The summed E-state index contributed by atoms with van der Waals surface area (Å²) in [6, 6.07) is 5.02. The highest BCUT2D eigenvalue weighted by molar-refractivity contribution is 7.80. The van der Waals surface area contributed by atoms with Gasteiger partial charge >= 0.3 is 5.97 Å². The third-order valence-electron chi connectivity index (χ3n) is 5.40. The van der Waals surface area contributed by atoms with E-state index in [1.165, 1.54) is 6.42 Å². The molecule has 28 heavy (non-hydrogen) atoms. The molecular weight excluding hydrogens is 376 g/mol. The third kappa shape index (κ3) is 4.41. The molecule has 1 aliphatic carbocycles. The number of allylic oxidation sites excluding steroid dienone is 1. The second-order valence-electron chi connectivity index (χ2n) is 7.48. The molecule has 0 spiro atoms. The standard InChI is InChI=1S/C21H28N2O4S/c1-12-6-5-7-15(10-12)27-20(24)18-13(2)22-21(28)23-19(18)16-11-14(25-3)8-9-17(16)26-4/h8-9,11-12,15,19H,5-7,10H2,1-4H3,(H2,22,23,28)/t12-,15+,19+/m0/s1. The maximum Gasteiger partial charge on any atom is 0.338 e. The van der Waals surface area contributed by atoms with Gasteiger partial charge in [0.15, 0.2) is 5.11 Å². The third-order valence-corrected chi connectivity index (χ3v) is 5.62. The Bertz CT molecular complexity index is 793. The van der Waals surface area contributed by atoms with Gasteiger partial charge in [-0.3, -0.25) is 0 Å². The lowest BCUT2D eigenvalue weighted by Crippen LogP contribution is -2.45. The summed E-state index contributed by atoms with van der Waals surface area (Å²) < 4.78 is 16.8. The number of thiocarbonyl (C=S) groups is 1. The van der Waals surface area contributed by atoms with E-state index >= 15 is 0 Å². The van der Waals surface area contributed by atoms with E-state index in [1.807, 2.05) is 25.1 Å². The summed E-state index contributed by atoms with van der Waals surface area (Å²) in [4.78, 5) is 13.2. The summed E-state index contributed by atoms with van der Waals surface area (Å²) >= 11 is 5.34. The first kappa shape index (κ1) is 20.5. The average Bonchev–Trinajstić information content (AvgIpc) is 2.66. The fourth-order valence-corrected chi connectivity index (χ4v) is 4.23. The van der Waals surface area contributed by atoms with Crippen LogP contribution in [0.15, 0.2) is 29.5 Å². The van der Waals surface area contributed by atoms with Gasteiger partial charge in [-0.05, 0) is 62.5 Å². The predicted molar refractivity (Wildman–Crippen MR) is 111 cm³/mol. The Kier molecular flexibility index (Phi) is 6.44. The first-order valence-electron chi connectivity index (χ1n) is 9.64. The number of hydrogen-bond acceptors (Lipinski definition) is 5. The monoisotopic (exact) mass is 404 g/mol. The van der Waals surface area contributed by atoms with Crippen molar-refractivity contribution in [1.29, 1.82) is 0 Å². The van der Waals surface area contributed by atoms with Gasteiger partial charge in [0, 0.05) is 11.3 Å². The lowest BCUT2D eigenvalue weighted by molar-refractivity contribution is -0.146. The Hall–Kier alpha value is -2.28. The van der Waals surface area contributed by atoms with Crippen LogP contribution in [0.2, 0.25) is 0 Å². The maximum absolute atomic E-state index is 13.2. The summed E-state index contributed by atoms with van der Waals surface area (Å²) in [6.45, 7) is 4.05. The number of ether oxygens (including phenoxy) is 3. The topological polar surface area (TPSA) is 68.8 Å². The molecule has 1 saturated carbocycles. The van der Waals surface area contributed by atoms with Crippen LogP contribution in [-0.2, 0) is 9.53 Å². The van der Waals surface area contributed by atoms with Crippen LogP contribution in [0.5, 0.6) is 11.5 Å². The van der Waals surface area contributed by atoms with Gasteiger partial charge in [-0.2, -0.15) is 0 Å². The molecule has 0 saturated heterocycles. The number of hydrogen-bond donors (Lipinski definition) is 2. The van der Waals surface area contributed by atoms with Crippen LogP contribution in [0.3, 0.4) is 0 Å². The largest absolute Gasteiger partial charge is 0.497 e. The number of benzene rings is 1. The first-order valence-corrected chi connectivity index (χ1v) is 10.0. The summed E-state index contributed by atoms with van der Waals surface area (Å²) in [5, 5.41) is 6.70. The van der Waals surface area contributed by atoms with Crippen LogP contribution >= 0.6 is 12.2 Å². The smallest absolute Gasteiger partial charge is 0.338 e. The maximum atomic E-state index is 13.2. The predicted octanol–water partition coefficient (Wildman–Crippen LogP) is 3.62. The molecule has 0 bridgehead atoms. The van der Waals surface area contributed by atoms with Crippen LogP contribution in [-0.4, -0.2) is 31.4 Å². The molecule has 0 radical (unpaired) electrons. The fraction of sp³-hybridized carbons (Fsp3) is 0.524. The van der Waals surface area contributed by atoms with Gasteiger partial charge in [0.25, 0.3) is 0 Å². The molecule has 1 heterocycles. The van der Waals surface area contributed by atoms with E-state index in [-0.39, 0.29) is 12.1 Å². The van der Waals surface area contributed by atoms with Crippen molar-refractivity contribution in [3.8, 4) is 11.5 Å². The minimum atomic E-state index is -0.479. The zero-order chi connectivity index (χ0) is 20.3. The van der Waals surface area contributed by atoms with Crippen molar-refractivity contribution in [3.05, 3.63) is 35.0 Å².